The Hall–Kier alpha value is -1.17. The maximum absolute atomic E-state index is 12.0. The van der Waals surface area contributed by atoms with Crippen LogP contribution in [0.25, 0.3) is 0 Å². The number of aryl methyl sites for hydroxylation is 1. The summed E-state index contributed by atoms with van der Waals surface area (Å²) in [5.41, 5.74) is 1.31. The maximum atomic E-state index is 12.0. The van der Waals surface area contributed by atoms with E-state index in [0.717, 1.165) is 18.5 Å². The highest BCUT2D eigenvalue weighted by Gasteiger charge is 2.11. The normalized spacial score (nSPS) is 10.8. The first-order chi connectivity index (χ1) is 9.10. The number of methoxy groups -OCH3 is 2. The summed E-state index contributed by atoms with van der Waals surface area (Å²) in [6, 6.07) is 3.30. The number of nitrogens with zero attached hydrogens (tertiary/aromatic N) is 1. The van der Waals surface area contributed by atoms with Crippen molar-refractivity contribution in [3.8, 4) is 0 Å². The molecule has 1 aromatic rings. The third-order valence-electron chi connectivity index (χ3n) is 2.57. The minimum atomic E-state index is -0.462. The fourth-order valence-corrected chi connectivity index (χ4v) is 1.83. The number of nitrogens with one attached hydrogen (secondary N) is 1. The smallest absolute Gasteiger partial charge is 0.251 e. The summed E-state index contributed by atoms with van der Waals surface area (Å²) in [5.74, 6) is -0.222. The first-order valence-corrected chi connectivity index (χ1v) is 6.48. The zero-order chi connectivity index (χ0) is 14.3. The van der Waals surface area contributed by atoms with Gasteiger partial charge in [0.25, 0.3) is 5.91 Å². The Morgan fingerprint density at radius 2 is 2.11 bits per heavy atom. The van der Waals surface area contributed by atoms with E-state index < -0.39 is 6.29 Å². The average molecular weight is 287 g/mol. The van der Waals surface area contributed by atoms with Gasteiger partial charge in [-0.3, -0.25) is 4.79 Å². The first kappa shape index (κ1) is 15.9. The van der Waals surface area contributed by atoms with Gasteiger partial charge in [0.2, 0.25) is 0 Å². The van der Waals surface area contributed by atoms with E-state index in [-0.39, 0.29) is 12.5 Å². The molecule has 0 aliphatic carbocycles. The largest absolute Gasteiger partial charge is 0.354 e. The molecule has 0 radical (unpaired) electrons. The molecule has 5 nitrogen and oxygen atoms in total. The van der Waals surface area contributed by atoms with Crippen molar-refractivity contribution in [3.63, 3.8) is 0 Å². The summed E-state index contributed by atoms with van der Waals surface area (Å²) in [7, 11) is 3.03. The molecule has 106 valence electrons. The fourth-order valence-electron chi connectivity index (χ4n) is 1.61. The molecule has 19 heavy (non-hydrogen) atoms. The van der Waals surface area contributed by atoms with Crippen molar-refractivity contribution in [2.24, 2.45) is 0 Å². The molecule has 0 atom stereocenters. The van der Waals surface area contributed by atoms with Crippen molar-refractivity contribution >= 4 is 17.5 Å². The monoisotopic (exact) mass is 286 g/mol. The van der Waals surface area contributed by atoms with Gasteiger partial charge in [-0.25, -0.2) is 4.98 Å². The van der Waals surface area contributed by atoms with Gasteiger partial charge in [-0.1, -0.05) is 24.9 Å². The van der Waals surface area contributed by atoms with Crippen LogP contribution in [0, 0.1) is 0 Å². The molecule has 6 heteroatoms. The summed E-state index contributed by atoms with van der Waals surface area (Å²) in [6.45, 7) is 2.32. The van der Waals surface area contributed by atoms with E-state index in [1.54, 1.807) is 12.1 Å². The Kier molecular flexibility index (Phi) is 6.77. The highest BCUT2D eigenvalue weighted by atomic mass is 35.5. The minimum absolute atomic E-state index is 0.222. The van der Waals surface area contributed by atoms with E-state index in [2.05, 4.69) is 10.3 Å². The van der Waals surface area contributed by atoms with Gasteiger partial charge in [-0.15, -0.1) is 0 Å². The molecule has 1 amide bonds. The predicted molar refractivity (Wildman–Crippen MR) is 73.4 cm³/mol. The zero-order valence-corrected chi connectivity index (χ0v) is 12.2. The Morgan fingerprint density at radius 1 is 1.42 bits per heavy atom. The van der Waals surface area contributed by atoms with Crippen molar-refractivity contribution in [3.05, 3.63) is 28.5 Å². The minimum Gasteiger partial charge on any atom is -0.354 e. The average Bonchev–Trinajstić information content (AvgIpc) is 2.39. The van der Waals surface area contributed by atoms with E-state index in [9.17, 15) is 4.79 Å². The maximum Gasteiger partial charge on any atom is 0.251 e. The number of ether oxygens (including phenoxy) is 2. The van der Waals surface area contributed by atoms with E-state index in [1.165, 1.54) is 14.2 Å². The van der Waals surface area contributed by atoms with Crippen LogP contribution in [-0.4, -0.2) is 37.9 Å². The number of carbonyl (C=O) groups excluding carboxylic acids is 1. The lowest BCUT2D eigenvalue weighted by Crippen LogP contribution is -2.34. The Labute approximate surface area is 118 Å². The predicted octanol–water partition coefficient (Wildman–Crippen LogP) is 2.04. The van der Waals surface area contributed by atoms with Gasteiger partial charge in [-0.05, 0) is 18.6 Å². The van der Waals surface area contributed by atoms with Crippen LogP contribution in [0.1, 0.15) is 29.4 Å². The third-order valence-corrected chi connectivity index (χ3v) is 2.76. The third kappa shape index (κ3) is 5.14. The molecule has 1 heterocycles. The molecule has 0 aromatic carbocycles. The topological polar surface area (TPSA) is 60.5 Å². The van der Waals surface area contributed by atoms with Crippen molar-refractivity contribution in [2.75, 3.05) is 20.8 Å². The molecule has 0 fully saturated rings. The van der Waals surface area contributed by atoms with Gasteiger partial charge >= 0.3 is 0 Å². The lowest BCUT2D eigenvalue weighted by atomic mass is 10.1. The van der Waals surface area contributed by atoms with Crippen LogP contribution in [0.2, 0.25) is 5.15 Å². The molecule has 0 saturated heterocycles. The molecular formula is C13H19ClN2O3. The number of halogens is 1. The van der Waals surface area contributed by atoms with Gasteiger partial charge < -0.3 is 14.8 Å². The number of rotatable bonds is 7. The van der Waals surface area contributed by atoms with E-state index in [0.29, 0.717) is 10.7 Å². The van der Waals surface area contributed by atoms with Crippen LogP contribution in [0.15, 0.2) is 12.1 Å². The van der Waals surface area contributed by atoms with Crippen LogP contribution in [0.3, 0.4) is 0 Å². The Bertz CT molecular complexity index is 422. The number of amides is 1. The molecule has 0 spiro atoms. The van der Waals surface area contributed by atoms with Crippen LogP contribution in [-0.2, 0) is 15.9 Å². The van der Waals surface area contributed by atoms with Gasteiger partial charge in [0, 0.05) is 25.5 Å². The van der Waals surface area contributed by atoms with E-state index in [4.69, 9.17) is 21.1 Å². The van der Waals surface area contributed by atoms with Crippen molar-refractivity contribution < 1.29 is 14.3 Å². The Morgan fingerprint density at radius 3 is 2.68 bits per heavy atom. The number of hydrogen-bond donors (Lipinski definition) is 1. The number of pyridine rings is 1. The van der Waals surface area contributed by atoms with Crippen LogP contribution < -0.4 is 5.32 Å². The van der Waals surface area contributed by atoms with Crippen LogP contribution in [0.4, 0.5) is 0 Å². The second-order valence-corrected chi connectivity index (χ2v) is 4.42. The van der Waals surface area contributed by atoms with Gasteiger partial charge in [0.1, 0.15) is 5.15 Å². The second kappa shape index (κ2) is 8.09. The Balaban J connectivity index is 2.70. The molecule has 0 aliphatic rings. The number of hydrogen-bond acceptors (Lipinski definition) is 4. The van der Waals surface area contributed by atoms with E-state index >= 15 is 0 Å². The van der Waals surface area contributed by atoms with Gasteiger partial charge in [0.05, 0.1) is 6.54 Å². The van der Waals surface area contributed by atoms with Crippen LogP contribution in [0.5, 0.6) is 0 Å². The summed E-state index contributed by atoms with van der Waals surface area (Å²) in [6.07, 6.45) is 1.28. The lowest BCUT2D eigenvalue weighted by Gasteiger charge is -2.14. The summed E-state index contributed by atoms with van der Waals surface area (Å²) in [4.78, 5) is 16.2. The molecule has 0 aliphatic heterocycles. The summed E-state index contributed by atoms with van der Waals surface area (Å²) >= 11 is 5.91. The standard InChI is InChI=1S/C13H19ClN2O3/c1-4-5-10-6-9(7-11(14)16-10)13(17)15-8-12(18-2)19-3/h6-7,12H,4-5,8H2,1-3H3,(H,15,17). The molecule has 0 saturated carbocycles. The first-order valence-electron chi connectivity index (χ1n) is 6.11. The van der Waals surface area contributed by atoms with Crippen LogP contribution >= 0.6 is 11.6 Å². The van der Waals surface area contributed by atoms with Gasteiger partial charge in [0.15, 0.2) is 6.29 Å². The van der Waals surface area contributed by atoms with E-state index in [1.807, 2.05) is 6.92 Å². The van der Waals surface area contributed by atoms with Crippen molar-refractivity contribution in [1.29, 1.82) is 0 Å². The SMILES string of the molecule is CCCc1cc(C(=O)NCC(OC)OC)cc(Cl)n1. The summed E-state index contributed by atoms with van der Waals surface area (Å²) in [5, 5.41) is 3.05. The molecule has 1 N–H and O–H groups in total. The highest BCUT2D eigenvalue weighted by Crippen LogP contribution is 2.12. The van der Waals surface area contributed by atoms with Crippen molar-refractivity contribution in [1.82, 2.24) is 10.3 Å². The highest BCUT2D eigenvalue weighted by molar-refractivity contribution is 6.29. The number of aromatic nitrogens is 1. The lowest BCUT2D eigenvalue weighted by molar-refractivity contribution is -0.0974. The second-order valence-electron chi connectivity index (χ2n) is 4.03. The summed E-state index contributed by atoms with van der Waals surface area (Å²) < 4.78 is 9.99. The zero-order valence-electron chi connectivity index (χ0n) is 11.4. The molecule has 1 rings (SSSR count). The molecule has 0 bridgehead atoms. The van der Waals surface area contributed by atoms with Gasteiger partial charge in [-0.2, -0.15) is 0 Å². The molecule has 1 aromatic heterocycles. The molecular weight excluding hydrogens is 268 g/mol. The number of carbonyl (C=O) groups is 1. The fraction of sp³-hybridized carbons (Fsp3) is 0.538. The van der Waals surface area contributed by atoms with Crippen molar-refractivity contribution in [2.45, 2.75) is 26.1 Å². The molecule has 0 unspecified atom stereocenters. The quantitative estimate of drug-likeness (QED) is 0.615.